The van der Waals surface area contributed by atoms with Crippen LogP contribution in [0.5, 0.6) is 0 Å². The molecule has 1 heterocycles. The van der Waals surface area contributed by atoms with E-state index in [-0.39, 0.29) is 19.8 Å². The quantitative estimate of drug-likeness (QED) is 0.848. The van der Waals surface area contributed by atoms with Crippen molar-refractivity contribution < 1.29 is 24.2 Å². The van der Waals surface area contributed by atoms with E-state index >= 15 is 0 Å². The lowest BCUT2D eigenvalue weighted by atomic mass is 10.1. The van der Waals surface area contributed by atoms with Crippen molar-refractivity contribution in [3.63, 3.8) is 0 Å². The van der Waals surface area contributed by atoms with E-state index in [1.807, 2.05) is 30.3 Å². The number of carboxylic acids is 1. The Labute approximate surface area is 110 Å². The Bertz CT molecular complexity index is 448. The molecule has 2 unspecified atom stereocenters. The minimum Gasteiger partial charge on any atom is -0.481 e. The van der Waals surface area contributed by atoms with Gasteiger partial charge in [0, 0.05) is 0 Å². The number of carbonyl (C=O) groups excluding carboxylic acids is 1. The first-order valence-electron chi connectivity index (χ1n) is 5.94. The highest BCUT2D eigenvalue weighted by Crippen LogP contribution is 2.14. The standard InChI is InChI=1S/C13H15NO5/c15-12(16)10-7-18-8-11(10)14-13(17)19-6-9-4-2-1-3-5-9/h1-5,10-11H,6-8H2,(H,14,17)(H,15,16). The summed E-state index contributed by atoms with van der Waals surface area (Å²) in [7, 11) is 0. The molecule has 6 heteroatoms. The lowest BCUT2D eigenvalue weighted by Gasteiger charge is -2.15. The van der Waals surface area contributed by atoms with Gasteiger partial charge in [-0.25, -0.2) is 4.79 Å². The molecule has 2 N–H and O–H groups in total. The van der Waals surface area contributed by atoms with Gasteiger partial charge < -0.3 is 19.9 Å². The van der Waals surface area contributed by atoms with Crippen LogP contribution in [0.3, 0.4) is 0 Å². The first-order valence-corrected chi connectivity index (χ1v) is 5.94. The highest BCUT2D eigenvalue weighted by Gasteiger charge is 2.35. The Hall–Kier alpha value is -2.08. The second kappa shape index (κ2) is 6.19. The number of hydrogen-bond acceptors (Lipinski definition) is 4. The van der Waals surface area contributed by atoms with Crippen LogP contribution in [0.4, 0.5) is 4.79 Å². The van der Waals surface area contributed by atoms with E-state index in [2.05, 4.69) is 5.32 Å². The van der Waals surface area contributed by atoms with Gasteiger partial charge in [-0.1, -0.05) is 30.3 Å². The molecule has 1 aromatic carbocycles. The Balaban J connectivity index is 1.80. The fourth-order valence-corrected chi connectivity index (χ4v) is 1.86. The van der Waals surface area contributed by atoms with Crippen LogP contribution < -0.4 is 5.32 Å². The molecule has 1 aliphatic heterocycles. The molecular formula is C13H15NO5. The number of aliphatic carboxylic acids is 1. The SMILES string of the molecule is O=C(NC1COCC1C(=O)O)OCc1ccccc1. The lowest BCUT2D eigenvalue weighted by molar-refractivity contribution is -0.142. The van der Waals surface area contributed by atoms with Crippen LogP contribution in [0.15, 0.2) is 30.3 Å². The number of carboxylic acid groups (broad SMARTS) is 1. The summed E-state index contributed by atoms with van der Waals surface area (Å²) in [5.74, 6) is -1.70. The maximum absolute atomic E-state index is 11.6. The van der Waals surface area contributed by atoms with Gasteiger partial charge in [0.15, 0.2) is 0 Å². The molecular weight excluding hydrogens is 250 g/mol. The highest BCUT2D eigenvalue weighted by molar-refractivity contribution is 5.74. The van der Waals surface area contributed by atoms with Gasteiger partial charge in [-0.05, 0) is 5.56 Å². The fourth-order valence-electron chi connectivity index (χ4n) is 1.86. The van der Waals surface area contributed by atoms with Crippen LogP contribution in [0, 0.1) is 5.92 Å². The second-order valence-corrected chi connectivity index (χ2v) is 4.29. The van der Waals surface area contributed by atoms with Gasteiger partial charge in [-0.2, -0.15) is 0 Å². The maximum Gasteiger partial charge on any atom is 0.407 e. The number of rotatable bonds is 4. The van der Waals surface area contributed by atoms with Gasteiger partial charge in [0.1, 0.15) is 12.5 Å². The van der Waals surface area contributed by atoms with E-state index in [0.29, 0.717) is 0 Å². The van der Waals surface area contributed by atoms with Gasteiger partial charge in [0.2, 0.25) is 0 Å². The molecule has 102 valence electrons. The summed E-state index contributed by atoms with van der Waals surface area (Å²) in [6.45, 7) is 0.453. The van der Waals surface area contributed by atoms with Crippen LogP contribution in [0.2, 0.25) is 0 Å². The van der Waals surface area contributed by atoms with Crippen molar-refractivity contribution >= 4 is 12.1 Å². The van der Waals surface area contributed by atoms with E-state index in [0.717, 1.165) is 5.56 Å². The summed E-state index contributed by atoms with van der Waals surface area (Å²) in [6, 6.07) is 8.71. The summed E-state index contributed by atoms with van der Waals surface area (Å²) >= 11 is 0. The number of hydrogen-bond donors (Lipinski definition) is 2. The molecule has 1 aromatic rings. The monoisotopic (exact) mass is 265 g/mol. The zero-order valence-electron chi connectivity index (χ0n) is 10.2. The molecule has 2 atom stereocenters. The number of benzene rings is 1. The van der Waals surface area contributed by atoms with E-state index in [1.54, 1.807) is 0 Å². The zero-order chi connectivity index (χ0) is 13.7. The van der Waals surface area contributed by atoms with Crippen LogP contribution >= 0.6 is 0 Å². The average molecular weight is 265 g/mol. The number of nitrogens with one attached hydrogen (secondary N) is 1. The smallest absolute Gasteiger partial charge is 0.407 e. The van der Waals surface area contributed by atoms with Gasteiger partial charge in [0.05, 0.1) is 19.3 Å². The van der Waals surface area contributed by atoms with E-state index in [9.17, 15) is 9.59 Å². The molecule has 0 spiro atoms. The third kappa shape index (κ3) is 3.69. The topological polar surface area (TPSA) is 84.9 Å². The minimum absolute atomic E-state index is 0.110. The predicted octanol–water partition coefficient (Wildman–Crippen LogP) is 1.01. The molecule has 0 aliphatic carbocycles. The maximum atomic E-state index is 11.6. The van der Waals surface area contributed by atoms with E-state index in [4.69, 9.17) is 14.6 Å². The Morgan fingerprint density at radius 2 is 2.05 bits per heavy atom. The van der Waals surface area contributed by atoms with E-state index < -0.39 is 24.0 Å². The molecule has 6 nitrogen and oxygen atoms in total. The fraction of sp³-hybridized carbons (Fsp3) is 0.385. The minimum atomic E-state index is -0.981. The van der Waals surface area contributed by atoms with Gasteiger partial charge in [0.25, 0.3) is 0 Å². The second-order valence-electron chi connectivity index (χ2n) is 4.29. The highest BCUT2D eigenvalue weighted by atomic mass is 16.5. The predicted molar refractivity (Wildman–Crippen MR) is 65.5 cm³/mol. The van der Waals surface area contributed by atoms with Crippen LogP contribution in [-0.2, 0) is 20.9 Å². The van der Waals surface area contributed by atoms with Crippen LogP contribution in [0.1, 0.15) is 5.56 Å². The lowest BCUT2D eigenvalue weighted by Crippen LogP contribution is -2.42. The van der Waals surface area contributed by atoms with Crippen molar-refractivity contribution in [3.8, 4) is 0 Å². The Morgan fingerprint density at radius 3 is 2.74 bits per heavy atom. The number of carbonyl (C=O) groups is 2. The van der Waals surface area contributed by atoms with Crippen molar-refractivity contribution in [1.82, 2.24) is 5.32 Å². The van der Waals surface area contributed by atoms with Crippen molar-refractivity contribution in [3.05, 3.63) is 35.9 Å². The molecule has 1 amide bonds. The molecule has 1 aliphatic rings. The molecule has 0 bridgehead atoms. The number of amides is 1. The van der Waals surface area contributed by atoms with Crippen molar-refractivity contribution in [2.24, 2.45) is 5.92 Å². The first kappa shape index (κ1) is 13.4. The number of ether oxygens (including phenoxy) is 2. The Morgan fingerprint density at radius 1 is 1.32 bits per heavy atom. The summed E-state index contributed by atoms with van der Waals surface area (Å²) < 4.78 is 10.1. The van der Waals surface area contributed by atoms with E-state index in [1.165, 1.54) is 0 Å². The van der Waals surface area contributed by atoms with Gasteiger partial charge in [-0.15, -0.1) is 0 Å². The first-order chi connectivity index (χ1) is 9.16. The summed E-state index contributed by atoms with van der Waals surface area (Å²) in [4.78, 5) is 22.5. The molecule has 1 fully saturated rings. The third-order valence-corrected chi connectivity index (χ3v) is 2.91. The average Bonchev–Trinajstić information content (AvgIpc) is 2.86. The summed E-state index contributed by atoms with van der Waals surface area (Å²) in [5, 5.41) is 11.4. The van der Waals surface area contributed by atoms with Crippen LogP contribution in [0.25, 0.3) is 0 Å². The summed E-state index contributed by atoms with van der Waals surface area (Å²) in [6.07, 6.45) is -0.634. The zero-order valence-corrected chi connectivity index (χ0v) is 10.2. The van der Waals surface area contributed by atoms with Crippen molar-refractivity contribution in [1.29, 1.82) is 0 Å². The van der Waals surface area contributed by atoms with Crippen molar-refractivity contribution in [2.45, 2.75) is 12.6 Å². The molecule has 2 rings (SSSR count). The normalized spacial score (nSPS) is 21.9. The molecule has 0 radical (unpaired) electrons. The van der Waals surface area contributed by atoms with Gasteiger partial charge in [-0.3, -0.25) is 4.79 Å². The van der Waals surface area contributed by atoms with Crippen LogP contribution in [-0.4, -0.2) is 36.4 Å². The molecule has 0 aromatic heterocycles. The molecule has 19 heavy (non-hydrogen) atoms. The summed E-state index contributed by atoms with van der Waals surface area (Å²) in [5.41, 5.74) is 0.870. The molecule has 1 saturated heterocycles. The van der Waals surface area contributed by atoms with Crippen molar-refractivity contribution in [2.75, 3.05) is 13.2 Å². The number of alkyl carbamates (subject to hydrolysis) is 1. The van der Waals surface area contributed by atoms with Gasteiger partial charge >= 0.3 is 12.1 Å². The third-order valence-electron chi connectivity index (χ3n) is 2.91. The molecule has 0 saturated carbocycles. The largest absolute Gasteiger partial charge is 0.481 e. The Kier molecular flexibility index (Phi) is 4.35.